The van der Waals surface area contributed by atoms with Gasteiger partial charge in [-0.05, 0) is 44.9 Å². The molecule has 0 aromatic carbocycles. The number of methoxy groups -OCH3 is 1. The first-order valence-electron chi connectivity index (χ1n) is 8.33. The summed E-state index contributed by atoms with van der Waals surface area (Å²) in [5.74, 6) is -3.77. The topological polar surface area (TPSA) is 97.5 Å². The Bertz CT molecular complexity index is 837. The van der Waals surface area contributed by atoms with Crippen molar-refractivity contribution in [2.75, 3.05) is 7.11 Å². The zero-order valence-electron chi connectivity index (χ0n) is 15.6. The van der Waals surface area contributed by atoms with E-state index in [-0.39, 0.29) is 24.1 Å². The monoisotopic (exact) mass is 384 g/mol. The number of hydrogen-bond acceptors (Lipinski definition) is 5. The van der Waals surface area contributed by atoms with Gasteiger partial charge < -0.3 is 14.5 Å². The second-order valence-electron chi connectivity index (χ2n) is 7.27. The lowest BCUT2D eigenvalue weighted by molar-refractivity contribution is -0.136. The number of aromatic nitrogens is 1. The van der Waals surface area contributed by atoms with Gasteiger partial charge in [-0.25, -0.2) is 18.4 Å². The molecule has 148 valence electrons. The third-order valence-electron chi connectivity index (χ3n) is 3.77. The molecule has 2 rings (SSSR count). The van der Waals surface area contributed by atoms with Crippen molar-refractivity contribution >= 4 is 18.1 Å². The number of carbonyl (C=O) groups excluding carboxylic acids is 2. The number of carbonyl (C=O) groups is 2. The summed E-state index contributed by atoms with van der Waals surface area (Å²) in [7, 11) is 1.10. The maximum atomic E-state index is 13.6. The van der Waals surface area contributed by atoms with Crippen LogP contribution in [0.1, 0.15) is 44.0 Å². The number of aryl methyl sites for hydroxylation is 1. The van der Waals surface area contributed by atoms with E-state index in [1.165, 1.54) is 6.07 Å². The summed E-state index contributed by atoms with van der Waals surface area (Å²) in [6.45, 7) is 4.92. The molecule has 0 radical (unpaired) electrons. The fraction of sp³-hybridized carbons (Fsp3) is 0.500. The summed E-state index contributed by atoms with van der Waals surface area (Å²) in [5, 5.41) is 2.22. The maximum absolute atomic E-state index is 13.6. The number of halogens is 2. The summed E-state index contributed by atoms with van der Waals surface area (Å²) < 4.78 is 36.9. The number of amides is 1. The smallest absolute Gasteiger partial charge is 0.412 e. The van der Waals surface area contributed by atoms with Crippen LogP contribution < -0.4 is 10.9 Å². The fourth-order valence-electron chi connectivity index (χ4n) is 2.62. The molecular weight excluding hydrogens is 362 g/mol. The van der Waals surface area contributed by atoms with Gasteiger partial charge in [0.15, 0.2) is 0 Å². The van der Waals surface area contributed by atoms with Crippen LogP contribution in [0, 0.1) is 0 Å². The van der Waals surface area contributed by atoms with Gasteiger partial charge in [-0.15, -0.1) is 0 Å². The van der Waals surface area contributed by atoms with E-state index in [9.17, 15) is 23.2 Å². The van der Waals surface area contributed by atoms with E-state index in [1.807, 2.05) is 0 Å². The third-order valence-corrected chi connectivity index (χ3v) is 3.77. The van der Waals surface area contributed by atoms with Gasteiger partial charge >= 0.3 is 12.1 Å². The van der Waals surface area contributed by atoms with Gasteiger partial charge in [0, 0.05) is 24.1 Å². The molecule has 27 heavy (non-hydrogen) atoms. The van der Waals surface area contributed by atoms with Crippen molar-refractivity contribution in [1.29, 1.82) is 0 Å². The number of fused-ring (bicyclic) bond motifs is 1. The molecule has 0 unspecified atom stereocenters. The van der Waals surface area contributed by atoms with Crippen LogP contribution >= 0.6 is 0 Å². The van der Waals surface area contributed by atoms with Crippen molar-refractivity contribution in [2.45, 2.75) is 51.6 Å². The van der Waals surface area contributed by atoms with Crippen molar-refractivity contribution in [3.63, 3.8) is 0 Å². The Morgan fingerprint density at radius 3 is 2.59 bits per heavy atom. The Labute approximate surface area is 154 Å². The van der Waals surface area contributed by atoms with Crippen molar-refractivity contribution in [3.8, 4) is 0 Å². The number of aromatic amines is 1. The SMILES string of the molecule is COC(=O)/C(=C/c1cc2c([nH]c1=O)CCC(F)(F)C2)NC(=O)OC(C)(C)C. The summed E-state index contributed by atoms with van der Waals surface area (Å²) >= 11 is 0. The highest BCUT2D eigenvalue weighted by Crippen LogP contribution is 2.31. The second-order valence-corrected chi connectivity index (χ2v) is 7.27. The Morgan fingerprint density at radius 2 is 2.00 bits per heavy atom. The van der Waals surface area contributed by atoms with Crippen LogP contribution in [0.25, 0.3) is 6.08 Å². The highest BCUT2D eigenvalue weighted by atomic mass is 19.3. The van der Waals surface area contributed by atoms with Crippen LogP contribution in [-0.4, -0.2) is 35.7 Å². The minimum atomic E-state index is -2.85. The van der Waals surface area contributed by atoms with Crippen LogP contribution in [0.15, 0.2) is 16.6 Å². The molecule has 1 heterocycles. The van der Waals surface area contributed by atoms with E-state index in [1.54, 1.807) is 20.8 Å². The summed E-state index contributed by atoms with van der Waals surface area (Å²) in [6, 6.07) is 1.29. The van der Waals surface area contributed by atoms with Gasteiger partial charge in [0.2, 0.25) is 0 Å². The number of H-pyrrole nitrogens is 1. The zero-order chi connectivity index (χ0) is 20.4. The van der Waals surface area contributed by atoms with Gasteiger partial charge in [0.25, 0.3) is 11.5 Å². The molecular formula is C18H22F2N2O5. The van der Waals surface area contributed by atoms with Crippen molar-refractivity contribution in [1.82, 2.24) is 10.3 Å². The first-order valence-corrected chi connectivity index (χ1v) is 8.33. The standard InChI is InChI=1S/C18H22F2N2O5/c1-17(2,3)27-16(25)22-13(15(24)26-4)8-10-7-11-9-18(19,20)6-5-12(11)21-14(10)23/h7-8H,5-6,9H2,1-4H3,(H,21,23)(H,22,25)/b13-8-. The van der Waals surface area contributed by atoms with E-state index >= 15 is 0 Å². The minimum Gasteiger partial charge on any atom is -0.464 e. The molecule has 0 bridgehead atoms. The molecule has 0 spiro atoms. The number of rotatable bonds is 3. The van der Waals surface area contributed by atoms with Crippen LogP contribution in [0.5, 0.6) is 0 Å². The normalized spacial score (nSPS) is 16.3. The first kappa shape index (κ1) is 20.6. The Hall–Kier alpha value is -2.71. The molecule has 7 nitrogen and oxygen atoms in total. The molecule has 0 fully saturated rings. The lowest BCUT2D eigenvalue weighted by Gasteiger charge is -2.24. The lowest BCUT2D eigenvalue weighted by Crippen LogP contribution is -2.34. The highest BCUT2D eigenvalue weighted by Gasteiger charge is 2.34. The van der Waals surface area contributed by atoms with E-state index in [4.69, 9.17) is 4.74 Å². The summed E-state index contributed by atoms with van der Waals surface area (Å²) in [4.78, 5) is 38.6. The molecule has 1 aliphatic rings. The van der Waals surface area contributed by atoms with Gasteiger partial charge in [-0.2, -0.15) is 0 Å². The van der Waals surface area contributed by atoms with Gasteiger partial charge in [-0.3, -0.25) is 10.1 Å². The quantitative estimate of drug-likeness (QED) is 0.617. The Morgan fingerprint density at radius 1 is 1.33 bits per heavy atom. The predicted molar refractivity (Wildman–Crippen MR) is 93.4 cm³/mol. The van der Waals surface area contributed by atoms with Crippen molar-refractivity contribution in [3.05, 3.63) is 38.9 Å². The fourth-order valence-corrected chi connectivity index (χ4v) is 2.62. The zero-order valence-corrected chi connectivity index (χ0v) is 15.6. The third kappa shape index (κ3) is 5.63. The average Bonchev–Trinajstić information content (AvgIpc) is 2.52. The van der Waals surface area contributed by atoms with Crippen LogP contribution in [0.3, 0.4) is 0 Å². The summed E-state index contributed by atoms with van der Waals surface area (Å²) in [5.41, 5.74) is -1.03. The van der Waals surface area contributed by atoms with E-state index in [0.29, 0.717) is 11.3 Å². The predicted octanol–water partition coefficient (Wildman–Crippen LogP) is 2.54. The molecule has 1 amide bonds. The molecule has 0 saturated carbocycles. The van der Waals surface area contributed by atoms with Crippen molar-refractivity contribution < 1.29 is 27.8 Å². The Kier molecular flexibility index (Phi) is 5.72. The highest BCUT2D eigenvalue weighted by molar-refractivity contribution is 5.96. The average molecular weight is 384 g/mol. The lowest BCUT2D eigenvalue weighted by atomic mass is 9.92. The molecule has 1 aliphatic carbocycles. The molecule has 0 atom stereocenters. The van der Waals surface area contributed by atoms with Gasteiger partial charge in [0.1, 0.15) is 11.3 Å². The number of alkyl halides is 2. The molecule has 2 N–H and O–H groups in total. The van der Waals surface area contributed by atoms with Crippen LogP contribution in [0.2, 0.25) is 0 Å². The Balaban J connectivity index is 2.37. The van der Waals surface area contributed by atoms with E-state index in [2.05, 4.69) is 15.0 Å². The van der Waals surface area contributed by atoms with Crippen molar-refractivity contribution in [2.24, 2.45) is 0 Å². The number of hydrogen-bond donors (Lipinski definition) is 2. The molecule has 1 aromatic heterocycles. The minimum absolute atomic E-state index is 0.0529. The number of nitrogens with one attached hydrogen (secondary N) is 2. The number of alkyl carbamates (subject to hydrolysis) is 1. The second kappa shape index (κ2) is 7.50. The summed E-state index contributed by atoms with van der Waals surface area (Å²) in [6.07, 6.45) is -0.630. The number of ether oxygens (including phenoxy) is 2. The number of esters is 1. The maximum Gasteiger partial charge on any atom is 0.412 e. The van der Waals surface area contributed by atoms with Gasteiger partial charge in [0.05, 0.1) is 7.11 Å². The number of pyridine rings is 1. The van der Waals surface area contributed by atoms with E-state index in [0.717, 1.165) is 13.2 Å². The first-order chi connectivity index (χ1) is 12.4. The van der Waals surface area contributed by atoms with Gasteiger partial charge in [-0.1, -0.05) is 0 Å². The van der Waals surface area contributed by atoms with E-state index < -0.39 is 35.6 Å². The molecule has 0 saturated heterocycles. The molecule has 1 aromatic rings. The molecule has 0 aliphatic heterocycles. The van der Waals surface area contributed by atoms with Crippen LogP contribution in [-0.2, 0) is 27.1 Å². The van der Waals surface area contributed by atoms with Crippen LogP contribution in [0.4, 0.5) is 13.6 Å². The molecule has 9 heteroatoms. The largest absolute Gasteiger partial charge is 0.464 e.